The minimum absolute atomic E-state index is 0.00383. The fourth-order valence-electron chi connectivity index (χ4n) is 2.06. The van der Waals surface area contributed by atoms with Gasteiger partial charge in [-0.15, -0.1) is 0 Å². The van der Waals surface area contributed by atoms with Crippen molar-refractivity contribution in [2.24, 2.45) is 0 Å². The summed E-state index contributed by atoms with van der Waals surface area (Å²) in [6.45, 7) is 2.03. The van der Waals surface area contributed by atoms with Gasteiger partial charge in [-0.25, -0.2) is 13.1 Å². The Labute approximate surface area is 126 Å². The van der Waals surface area contributed by atoms with E-state index in [1.165, 1.54) is 12.1 Å². The van der Waals surface area contributed by atoms with Gasteiger partial charge < -0.3 is 15.6 Å². The largest absolute Gasteiger partial charge is 0.398 e. The van der Waals surface area contributed by atoms with E-state index in [1.54, 1.807) is 13.0 Å². The monoisotopic (exact) mass is 364 g/mol. The molecule has 1 saturated heterocycles. The van der Waals surface area contributed by atoms with Crippen molar-refractivity contribution in [2.45, 2.75) is 29.9 Å². The van der Waals surface area contributed by atoms with Crippen LogP contribution in [0.5, 0.6) is 0 Å². The molecule has 6 nitrogen and oxygen atoms in total. The van der Waals surface area contributed by atoms with Crippen LogP contribution in [0.15, 0.2) is 27.6 Å². The van der Waals surface area contributed by atoms with Crippen molar-refractivity contribution in [3.8, 4) is 0 Å². The van der Waals surface area contributed by atoms with Crippen LogP contribution < -0.4 is 10.5 Å². The van der Waals surface area contributed by atoms with Crippen LogP contribution in [0.25, 0.3) is 0 Å². The minimum atomic E-state index is -3.77. The van der Waals surface area contributed by atoms with Crippen LogP contribution in [0.3, 0.4) is 0 Å². The highest BCUT2D eigenvalue weighted by molar-refractivity contribution is 9.10. The minimum Gasteiger partial charge on any atom is -0.398 e. The van der Waals surface area contributed by atoms with Crippen LogP contribution in [0, 0.1) is 0 Å². The maximum atomic E-state index is 12.2. The normalized spacial score (nSPS) is 26.9. The maximum Gasteiger partial charge on any atom is 0.242 e. The summed E-state index contributed by atoms with van der Waals surface area (Å²) in [5, 5.41) is 10.3. The predicted octanol–water partition coefficient (Wildman–Crippen LogP) is 0.849. The van der Waals surface area contributed by atoms with Crippen LogP contribution in [0.4, 0.5) is 5.69 Å². The van der Waals surface area contributed by atoms with Crippen LogP contribution in [-0.2, 0) is 14.8 Å². The molecular formula is C12H17BrN2O4S. The average molecular weight is 365 g/mol. The molecule has 2 unspecified atom stereocenters. The lowest BCUT2D eigenvalue weighted by molar-refractivity contribution is -0.0228. The molecule has 20 heavy (non-hydrogen) atoms. The molecule has 2 rings (SSSR count). The van der Waals surface area contributed by atoms with Crippen molar-refractivity contribution in [3.05, 3.63) is 22.7 Å². The second-order valence-electron chi connectivity index (χ2n) is 4.87. The van der Waals surface area contributed by atoms with E-state index in [9.17, 15) is 13.5 Å². The number of anilines is 1. The van der Waals surface area contributed by atoms with Crippen molar-refractivity contribution in [1.82, 2.24) is 4.72 Å². The third-order valence-corrected chi connectivity index (χ3v) is 5.46. The van der Waals surface area contributed by atoms with E-state index in [2.05, 4.69) is 20.7 Å². The molecule has 0 amide bonds. The molecule has 1 fully saturated rings. The molecule has 1 heterocycles. The van der Waals surface area contributed by atoms with Gasteiger partial charge in [0.1, 0.15) is 10.5 Å². The number of nitrogens with two attached hydrogens (primary N) is 1. The van der Waals surface area contributed by atoms with E-state index < -0.39 is 21.7 Å². The van der Waals surface area contributed by atoms with Gasteiger partial charge in [0.2, 0.25) is 10.0 Å². The summed E-state index contributed by atoms with van der Waals surface area (Å²) in [7, 11) is -3.77. The number of ether oxygens (including phenoxy) is 1. The topological polar surface area (TPSA) is 102 Å². The van der Waals surface area contributed by atoms with Crippen molar-refractivity contribution >= 4 is 31.6 Å². The van der Waals surface area contributed by atoms with Crippen LogP contribution in [0.2, 0.25) is 0 Å². The Morgan fingerprint density at radius 1 is 1.60 bits per heavy atom. The molecule has 2 atom stereocenters. The first-order valence-corrected chi connectivity index (χ1v) is 8.41. The zero-order chi connectivity index (χ0) is 15.0. The van der Waals surface area contributed by atoms with Gasteiger partial charge in [0.25, 0.3) is 0 Å². The summed E-state index contributed by atoms with van der Waals surface area (Å²) in [6.07, 6.45) is -0.0144. The molecule has 8 heteroatoms. The summed E-state index contributed by atoms with van der Waals surface area (Å²) in [5.74, 6) is 0. The molecule has 0 saturated carbocycles. The number of benzene rings is 1. The van der Waals surface area contributed by atoms with Gasteiger partial charge in [-0.1, -0.05) is 15.9 Å². The fourth-order valence-corrected chi connectivity index (χ4v) is 3.66. The number of hydrogen-bond acceptors (Lipinski definition) is 5. The van der Waals surface area contributed by atoms with E-state index in [-0.39, 0.29) is 17.1 Å². The molecule has 0 spiro atoms. The third-order valence-electron chi connectivity index (χ3n) is 3.49. The fraction of sp³-hybridized carbons (Fsp3) is 0.500. The Morgan fingerprint density at radius 3 is 2.85 bits per heavy atom. The number of halogens is 1. The van der Waals surface area contributed by atoms with Gasteiger partial charge in [0, 0.05) is 24.0 Å². The first-order valence-electron chi connectivity index (χ1n) is 6.13. The molecule has 0 aromatic heterocycles. The summed E-state index contributed by atoms with van der Waals surface area (Å²) in [4.78, 5) is -0.00383. The van der Waals surface area contributed by atoms with E-state index in [4.69, 9.17) is 10.5 Å². The average Bonchev–Trinajstić information content (AvgIpc) is 2.68. The zero-order valence-electron chi connectivity index (χ0n) is 11.0. The Hall–Kier alpha value is -0.670. The lowest BCUT2D eigenvalue weighted by Gasteiger charge is -2.26. The first-order chi connectivity index (χ1) is 9.24. The van der Waals surface area contributed by atoms with Crippen molar-refractivity contribution in [2.75, 3.05) is 18.9 Å². The van der Waals surface area contributed by atoms with Gasteiger partial charge in [0.15, 0.2) is 0 Å². The number of nitrogens with one attached hydrogen (secondary N) is 1. The lowest BCUT2D eigenvalue weighted by Crippen LogP contribution is -2.47. The molecule has 4 N–H and O–H groups in total. The predicted molar refractivity (Wildman–Crippen MR) is 78.7 cm³/mol. The van der Waals surface area contributed by atoms with Crippen molar-refractivity contribution in [1.29, 1.82) is 0 Å². The van der Waals surface area contributed by atoms with Crippen molar-refractivity contribution in [3.63, 3.8) is 0 Å². The Kier molecular flexibility index (Phi) is 4.41. The molecule has 1 aliphatic rings. The summed E-state index contributed by atoms with van der Waals surface area (Å²) < 4.78 is 32.8. The molecule has 0 bridgehead atoms. The molecule has 0 radical (unpaired) electrons. The van der Waals surface area contributed by atoms with Gasteiger partial charge >= 0.3 is 0 Å². The Balaban J connectivity index is 2.15. The number of rotatable bonds is 4. The summed E-state index contributed by atoms with van der Waals surface area (Å²) >= 11 is 3.22. The van der Waals surface area contributed by atoms with E-state index in [0.29, 0.717) is 17.5 Å². The van der Waals surface area contributed by atoms with Gasteiger partial charge in [-0.2, -0.15) is 0 Å². The van der Waals surface area contributed by atoms with Gasteiger partial charge in [-0.05, 0) is 25.1 Å². The quantitative estimate of drug-likeness (QED) is 0.687. The molecule has 1 aliphatic heterocycles. The zero-order valence-corrected chi connectivity index (χ0v) is 13.4. The van der Waals surface area contributed by atoms with Crippen molar-refractivity contribution < 1.29 is 18.3 Å². The molecule has 112 valence electrons. The van der Waals surface area contributed by atoms with E-state index in [1.807, 2.05) is 0 Å². The second kappa shape index (κ2) is 5.61. The molecule has 0 aliphatic carbocycles. The lowest BCUT2D eigenvalue weighted by atomic mass is 9.97. The SMILES string of the molecule is CC1OCCC1(O)CNS(=O)(=O)c1ccc(Br)cc1N. The second-order valence-corrected chi connectivity index (χ2v) is 7.52. The summed E-state index contributed by atoms with van der Waals surface area (Å²) in [5.41, 5.74) is 4.68. The standard InChI is InChI=1S/C12H17BrN2O4S/c1-8-12(16,4-5-19-8)7-15-20(17,18)11-3-2-9(13)6-10(11)14/h2-3,6,8,15-16H,4-5,7,14H2,1H3. The molecule has 1 aromatic rings. The first kappa shape index (κ1) is 15.7. The highest BCUT2D eigenvalue weighted by atomic mass is 79.9. The number of aliphatic hydroxyl groups is 1. The number of hydrogen-bond donors (Lipinski definition) is 3. The molecular weight excluding hydrogens is 348 g/mol. The van der Waals surface area contributed by atoms with Crippen LogP contribution >= 0.6 is 15.9 Å². The maximum absolute atomic E-state index is 12.2. The highest BCUT2D eigenvalue weighted by Gasteiger charge is 2.40. The molecule has 1 aromatic carbocycles. The van der Waals surface area contributed by atoms with Crippen LogP contribution in [-0.4, -0.2) is 38.4 Å². The Bertz CT molecular complexity index is 607. The van der Waals surface area contributed by atoms with Gasteiger partial charge in [-0.3, -0.25) is 0 Å². The van der Waals surface area contributed by atoms with E-state index in [0.717, 1.165) is 0 Å². The third kappa shape index (κ3) is 3.15. The van der Waals surface area contributed by atoms with Crippen LogP contribution in [0.1, 0.15) is 13.3 Å². The number of nitrogen functional groups attached to an aromatic ring is 1. The van der Waals surface area contributed by atoms with E-state index >= 15 is 0 Å². The Morgan fingerprint density at radius 2 is 2.30 bits per heavy atom. The summed E-state index contributed by atoms with van der Waals surface area (Å²) in [6, 6.07) is 4.53. The smallest absolute Gasteiger partial charge is 0.242 e. The highest BCUT2D eigenvalue weighted by Crippen LogP contribution is 2.26. The van der Waals surface area contributed by atoms with Gasteiger partial charge in [0.05, 0.1) is 11.8 Å². The number of sulfonamides is 1.